The van der Waals surface area contributed by atoms with Crippen LogP contribution in [0.5, 0.6) is 5.75 Å². The highest BCUT2D eigenvalue weighted by molar-refractivity contribution is 5.35. The highest BCUT2D eigenvalue weighted by Crippen LogP contribution is 2.28. The summed E-state index contributed by atoms with van der Waals surface area (Å²) in [5.41, 5.74) is 2.53. The van der Waals surface area contributed by atoms with E-state index in [1.54, 1.807) is 0 Å². The monoisotopic (exact) mass is 205 g/mol. The van der Waals surface area contributed by atoms with Crippen molar-refractivity contribution in [3.63, 3.8) is 0 Å². The molecule has 0 atom stereocenters. The second kappa shape index (κ2) is 4.23. The molecule has 15 heavy (non-hydrogen) atoms. The summed E-state index contributed by atoms with van der Waals surface area (Å²) in [4.78, 5) is 0. The maximum atomic E-state index is 5.93. The SMILES string of the molecule is CNC1CC(Oc2ccc(C)cc2C)C1. The molecule has 0 bridgehead atoms. The normalized spacial score (nSPS) is 24.7. The molecule has 0 unspecified atom stereocenters. The Morgan fingerprint density at radius 2 is 2.00 bits per heavy atom. The van der Waals surface area contributed by atoms with Gasteiger partial charge in [-0.3, -0.25) is 0 Å². The van der Waals surface area contributed by atoms with Crippen molar-refractivity contribution in [1.82, 2.24) is 5.32 Å². The molecule has 2 rings (SSSR count). The fraction of sp³-hybridized carbons (Fsp3) is 0.538. The lowest BCUT2D eigenvalue weighted by Gasteiger charge is -2.35. The van der Waals surface area contributed by atoms with Crippen LogP contribution in [0.3, 0.4) is 0 Å². The van der Waals surface area contributed by atoms with E-state index in [-0.39, 0.29) is 0 Å². The van der Waals surface area contributed by atoms with Crippen molar-refractivity contribution >= 4 is 0 Å². The van der Waals surface area contributed by atoms with E-state index < -0.39 is 0 Å². The van der Waals surface area contributed by atoms with E-state index >= 15 is 0 Å². The fourth-order valence-electron chi connectivity index (χ4n) is 2.01. The van der Waals surface area contributed by atoms with Crippen molar-refractivity contribution in [3.05, 3.63) is 29.3 Å². The van der Waals surface area contributed by atoms with Crippen molar-refractivity contribution in [2.24, 2.45) is 0 Å². The molecule has 2 heteroatoms. The maximum Gasteiger partial charge on any atom is 0.122 e. The number of aryl methyl sites for hydroxylation is 2. The molecule has 82 valence electrons. The summed E-state index contributed by atoms with van der Waals surface area (Å²) in [6.45, 7) is 4.22. The van der Waals surface area contributed by atoms with Gasteiger partial charge in [-0.2, -0.15) is 0 Å². The van der Waals surface area contributed by atoms with Crippen LogP contribution in [0.4, 0.5) is 0 Å². The number of hydrogen-bond donors (Lipinski definition) is 1. The molecule has 0 saturated heterocycles. The molecule has 1 aromatic rings. The van der Waals surface area contributed by atoms with Gasteiger partial charge in [0, 0.05) is 6.04 Å². The van der Waals surface area contributed by atoms with Crippen molar-refractivity contribution < 1.29 is 4.74 Å². The average molecular weight is 205 g/mol. The number of hydrogen-bond acceptors (Lipinski definition) is 2. The van der Waals surface area contributed by atoms with E-state index in [9.17, 15) is 0 Å². The molecule has 0 aromatic heterocycles. The minimum atomic E-state index is 0.406. The van der Waals surface area contributed by atoms with Gasteiger partial charge in [-0.05, 0) is 45.4 Å². The minimum Gasteiger partial charge on any atom is -0.490 e. The highest BCUT2D eigenvalue weighted by Gasteiger charge is 2.29. The van der Waals surface area contributed by atoms with E-state index in [1.165, 1.54) is 11.1 Å². The van der Waals surface area contributed by atoms with Gasteiger partial charge in [0.15, 0.2) is 0 Å². The molecule has 0 radical (unpaired) electrons. The van der Waals surface area contributed by atoms with Crippen molar-refractivity contribution in [2.45, 2.75) is 38.8 Å². The Morgan fingerprint density at radius 3 is 2.60 bits per heavy atom. The number of rotatable bonds is 3. The van der Waals surface area contributed by atoms with Crippen LogP contribution in [-0.2, 0) is 0 Å². The van der Waals surface area contributed by atoms with Gasteiger partial charge < -0.3 is 10.1 Å². The maximum absolute atomic E-state index is 5.93. The Balaban J connectivity index is 1.94. The first-order valence-corrected chi connectivity index (χ1v) is 5.60. The van der Waals surface area contributed by atoms with Gasteiger partial charge in [-0.1, -0.05) is 17.7 Å². The highest BCUT2D eigenvalue weighted by atomic mass is 16.5. The molecule has 1 aliphatic carbocycles. The van der Waals surface area contributed by atoms with Crippen molar-refractivity contribution in [2.75, 3.05) is 7.05 Å². The Hall–Kier alpha value is -1.02. The summed E-state index contributed by atoms with van der Waals surface area (Å²) in [7, 11) is 2.01. The second-order valence-corrected chi connectivity index (χ2v) is 4.47. The zero-order valence-electron chi connectivity index (χ0n) is 9.71. The Kier molecular flexibility index (Phi) is 2.96. The quantitative estimate of drug-likeness (QED) is 0.818. The number of ether oxygens (including phenoxy) is 1. The van der Waals surface area contributed by atoms with Crippen LogP contribution in [0.2, 0.25) is 0 Å². The smallest absolute Gasteiger partial charge is 0.122 e. The zero-order valence-corrected chi connectivity index (χ0v) is 9.71. The largest absolute Gasteiger partial charge is 0.490 e. The molecule has 1 aliphatic rings. The summed E-state index contributed by atoms with van der Waals surface area (Å²) in [6, 6.07) is 7.01. The van der Waals surface area contributed by atoms with E-state index in [0.717, 1.165) is 18.6 Å². The van der Waals surface area contributed by atoms with Gasteiger partial charge in [0.25, 0.3) is 0 Å². The molecule has 0 heterocycles. The van der Waals surface area contributed by atoms with Gasteiger partial charge in [0.1, 0.15) is 11.9 Å². The van der Waals surface area contributed by atoms with E-state index in [4.69, 9.17) is 4.74 Å². The van der Waals surface area contributed by atoms with Crippen LogP contribution in [-0.4, -0.2) is 19.2 Å². The summed E-state index contributed by atoms with van der Waals surface area (Å²) in [5.74, 6) is 1.04. The van der Waals surface area contributed by atoms with Crippen LogP contribution >= 0.6 is 0 Å². The first kappa shape index (κ1) is 10.5. The predicted molar refractivity (Wildman–Crippen MR) is 62.4 cm³/mol. The molecular formula is C13H19NO. The average Bonchev–Trinajstić information content (AvgIpc) is 2.13. The van der Waals surface area contributed by atoms with Gasteiger partial charge in [0.05, 0.1) is 0 Å². The topological polar surface area (TPSA) is 21.3 Å². The first-order valence-electron chi connectivity index (χ1n) is 5.60. The van der Waals surface area contributed by atoms with Crippen LogP contribution in [0, 0.1) is 13.8 Å². The van der Waals surface area contributed by atoms with Gasteiger partial charge in [-0.25, -0.2) is 0 Å². The summed E-state index contributed by atoms with van der Waals surface area (Å²) < 4.78 is 5.93. The molecule has 0 spiro atoms. The molecule has 0 amide bonds. The third kappa shape index (κ3) is 2.32. The lowest BCUT2D eigenvalue weighted by atomic mass is 9.89. The third-order valence-corrected chi connectivity index (χ3v) is 3.13. The predicted octanol–water partition coefficient (Wildman–Crippen LogP) is 2.43. The van der Waals surface area contributed by atoms with Crippen LogP contribution in [0.25, 0.3) is 0 Å². The molecule has 1 fully saturated rings. The van der Waals surface area contributed by atoms with Gasteiger partial charge >= 0.3 is 0 Å². The molecule has 1 N–H and O–H groups in total. The van der Waals surface area contributed by atoms with Crippen molar-refractivity contribution in [1.29, 1.82) is 0 Å². The number of benzene rings is 1. The Bertz CT molecular complexity index is 342. The van der Waals surface area contributed by atoms with E-state index in [0.29, 0.717) is 12.1 Å². The lowest BCUT2D eigenvalue weighted by Crippen LogP contribution is -2.45. The molecular weight excluding hydrogens is 186 g/mol. The molecule has 1 aromatic carbocycles. The fourth-order valence-corrected chi connectivity index (χ4v) is 2.01. The minimum absolute atomic E-state index is 0.406. The zero-order chi connectivity index (χ0) is 10.8. The number of nitrogens with one attached hydrogen (secondary N) is 1. The summed E-state index contributed by atoms with van der Waals surface area (Å²) >= 11 is 0. The van der Waals surface area contributed by atoms with E-state index in [1.807, 2.05) is 7.05 Å². The van der Waals surface area contributed by atoms with Gasteiger partial charge in [-0.15, -0.1) is 0 Å². The van der Waals surface area contributed by atoms with Crippen LogP contribution < -0.4 is 10.1 Å². The van der Waals surface area contributed by atoms with Gasteiger partial charge in [0.2, 0.25) is 0 Å². The molecule has 0 aliphatic heterocycles. The summed E-state index contributed by atoms with van der Waals surface area (Å²) in [5, 5.41) is 3.26. The Labute approximate surface area is 91.6 Å². The van der Waals surface area contributed by atoms with Crippen LogP contribution in [0.15, 0.2) is 18.2 Å². The standard InChI is InChI=1S/C13H19NO/c1-9-4-5-13(10(2)6-9)15-12-7-11(8-12)14-3/h4-6,11-12,14H,7-8H2,1-3H3. The van der Waals surface area contributed by atoms with E-state index in [2.05, 4.69) is 37.4 Å². The third-order valence-electron chi connectivity index (χ3n) is 3.13. The molecule has 1 saturated carbocycles. The first-order chi connectivity index (χ1) is 7.19. The van der Waals surface area contributed by atoms with Crippen LogP contribution in [0.1, 0.15) is 24.0 Å². The lowest BCUT2D eigenvalue weighted by molar-refractivity contribution is 0.0878. The molecule has 2 nitrogen and oxygen atoms in total. The van der Waals surface area contributed by atoms with Crippen molar-refractivity contribution in [3.8, 4) is 5.75 Å². The summed E-state index contributed by atoms with van der Waals surface area (Å²) in [6.07, 6.45) is 2.66. The Morgan fingerprint density at radius 1 is 1.27 bits per heavy atom. The second-order valence-electron chi connectivity index (χ2n) is 4.47.